The fourth-order valence-corrected chi connectivity index (χ4v) is 1.66. The number of aliphatic hydroxyl groups excluding tert-OH is 1. The van der Waals surface area contributed by atoms with Crippen molar-refractivity contribution < 1.29 is 15.0 Å². The second kappa shape index (κ2) is 14.4. The molecular weight excluding hydrogens is 264 g/mol. The van der Waals surface area contributed by atoms with Crippen LogP contribution in [0.5, 0.6) is 0 Å². The largest absolute Gasteiger partial charge is 0.481 e. The summed E-state index contributed by atoms with van der Waals surface area (Å²) in [5, 5.41) is 18.2. The summed E-state index contributed by atoms with van der Waals surface area (Å²) in [4.78, 5) is 10.3. The summed E-state index contributed by atoms with van der Waals surface area (Å²) in [5.41, 5.74) is 0. The highest BCUT2D eigenvalue weighted by molar-refractivity contribution is 5.66. The minimum Gasteiger partial charge on any atom is -0.481 e. The number of aliphatic hydroxyl groups is 1. The molecule has 0 aromatic heterocycles. The predicted molar refractivity (Wildman–Crippen MR) is 85.5 cm³/mol. The van der Waals surface area contributed by atoms with Gasteiger partial charge in [-0.2, -0.15) is 0 Å². The summed E-state index contributed by atoms with van der Waals surface area (Å²) in [6.07, 6.45) is 10.8. The van der Waals surface area contributed by atoms with Gasteiger partial charge in [-0.15, -0.1) is 6.58 Å². The molecule has 1 atom stereocenters. The fraction of sp³-hybridized carbons (Fsp3) is 0.500. The first-order valence-electron chi connectivity index (χ1n) is 7.32. The molecule has 2 N–H and O–H groups in total. The first-order chi connectivity index (χ1) is 10.2. The van der Waals surface area contributed by atoms with Crippen molar-refractivity contribution in [2.75, 3.05) is 0 Å². The Balaban J connectivity index is 3.58. The summed E-state index contributed by atoms with van der Waals surface area (Å²) in [6, 6.07) is 0. The Morgan fingerprint density at radius 2 is 1.86 bits per heavy atom. The fourth-order valence-electron chi connectivity index (χ4n) is 1.66. The van der Waals surface area contributed by atoms with Gasteiger partial charge in [-0.1, -0.05) is 43.6 Å². The van der Waals surface area contributed by atoms with Crippen molar-refractivity contribution in [2.24, 2.45) is 0 Å². The van der Waals surface area contributed by atoms with Crippen molar-refractivity contribution in [1.29, 1.82) is 0 Å². The maximum atomic E-state index is 10.3. The summed E-state index contributed by atoms with van der Waals surface area (Å²) in [6.45, 7) is 3.55. The van der Waals surface area contributed by atoms with Gasteiger partial charge in [0.2, 0.25) is 0 Å². The lowest BCUT2D eigenvalue weighted by Crippen LogP contribution is -2.01. The average molecular weight is 288 g/mol. The summed E-state index contributed by atoms with van der Waals surface area (Å²) >= 11 is 0. The normalized spacial score (nSPS) is 11.1. The van der Waals surface area contributed by atoms with Crippen LogP contribution in [0.2, 0.25) is 0 Å². The standard InChI is InChI=1S/C18H24O3/c1-2-3-4-5-6-8-11-14-17(19)15-12-9-7-10-13-16-18(20)21/h2,11,14,17,19H,1,3,7,9-10,12-13,15-16H2,(H,20,21)/b14-11+/t17-/m1/s1. The molecule has 0 fully saturated rings. The van der Waals surface area contributed by atoms with Crippen LogP contribution in [0.3, 0.4) is 0 Å². The molecule has 0 unspecified atom stereocenters. The molecule has 3 nitrogen and oxygen atoms in total. The van der Waals surface area contributed by atoms with Crippen LogP contribution in [0.4, 0.5) is 0 Å². The monoisotopic (exact) mass is 288 g/mol. The Morgan fingerprint density at radius 3 is 2.57 bits per heavy atom. The molecule has 0 aliphatic heterocycles. The number of unbranched alkanes of at least 4 members (excludes halogenated alkanes) is 4. The topological polar surface area (TPSA) is 57.5 Å². The van der Waals surface area contributed by atoms with E-state index in [2.05, 4.69) is 30.3 Å². The number of rotatable bonds is 10. The Labute approximate surface area is 127 Å². The molecular formula is C18H24O3. The number of carboxylic acid groups (broad SMARTS) is 1. The van der Waals surface area contributed by atoms with Gasteiger partial charge < -0.3 is 10.2 Å². The number of allylic oxidation sites excluding steroid dienone is 2. The highest BCUT2D eigenvalue weighted by Crippen LogP contribution is 2.09. The number of hydrogen-bond donors (Lipinski definition) is 2. The van der Waals surface area contributed by atoms with E-state index < -0.39 is 12.1 Å². The lowest BCUT2D eigenvalue weighted by atomic mass is 10.1. The van der Waals surface area contributed by atoms with Crippen LogP contribution in [-0.4, -0.2) is 22.3 Å². The van der Waals surface area contributed by atoms with Gasteiger partial charge in [0.25, 0.3) is 0 Å². The zero-order chi connectivity index (χ0) is 15.8. The van der Waals surface area contributed by atoms with Crippen LogP contribution in [0.1, 0.15) is 51.4 Å². The molecule has 3 heteroatoms. The SMILES string of the molecule is C=CCC#CC#C/C=C/[C@@H](O)CCCCCCCC(=O)O. The summed E-state index contributed by atoms with van der Waals surface area (Å²) in [5.74, 6) is 10.2. The average Bonchev–Trinajstić information content (AvgIpc) is 2.45. The van der Waals surface area contributed by atoms with Crippen molar-refractivity contribution in [2.45, 2.75) is 57.5 Å². The van der Waals surface area contributed by atoms with E-state index in [-0.39, 0.29) is 6.42 Å². The molecule has 0 aromatic rings. The molecule has 0 spiro atoms. The van der Waals surface area contributed by atoms with Crippen LogP contribution in [-0.2, 0) is 4.79 Å². The van der Waals surface area contributed by atoms with Crippen molar-refractivity contribution >= 4 is 5.97 Å². The molecule has 0 saturated carbocycles. The van der Waals surface area contributed by atoms with Crippen molar-refractivity contribution in [3.05, 3.63) is 24.8 Å². The van der Waals surface area contributed by atoms with E-state index >= 15 is 0 Å². The van der Waals surface area contributed by atoms with Crippen LogP contribution in [0, 0.1) is 23.7 Å². The zero-order valence-electron chi connectivity index (χ0n) is 12.5. The van der Waals surface area contributed by atoms with Crippen molar-refractivity contribution in [1.82, 2.24) is 0 Å². The van der Waals surface area contributed by atoms with Gasteiger partial charge in [-0.05, 0) is 36.8 Å². The molecule has 0 saturated heterocycles. The third-order valence-electron chi connectivity index (χ3n) is 2.76. The number of carbonyl (C=O) groups is 1. The van der Waals surface area contributed by atoms with Gasteiger partial charge in [0.1, 0.15) is 0 Å². The zero-order valence-corrected chi connectivity index (χ0v) is 12.5. The minimum absolute atomic E-state index is 0.250. The van der Waals surface area contributed by atoms with Crippen LogP contribution in [0.25, 0.3) is 0 Å². The second-order valence-electron chi connectivity index (χ2n) is 4.69. The molecule has 0 aliphatic carbocycles. The lowest BCUT2D eigenvalue weighted by Gasteiger charge is -2.04. The molecule has 0 aromatic carbocycles. The van der Waals surface area contributed by atoms with Gasteiger partial charge >= 0.3 is 5.97 Å². The minimum atomic E-state index is -0.731. The number of aliphatic carboxylic acids is 1. The Hall–Kier alpha value is -1.97. The van der Waals surface area contributed by atoms with Crippen LogP contribution >= 0.6 is 0 Å². The lowest BCUT2D eigenvalue weighted by molar-refractivity contribution is -0.137. The Bertz CT molecular complexity index is 441. The van der Waals surface area contributed by atoms with E-state index in [4.69, 9.17) is 5.11 Å². The van der Waals surface area contributed by atoms with E-state index in [1.165, 1.54) is 0 Å². The molecule has 0 aliphatic rings. The van der Waals surface area contributed by atoms with Crippen LogP contribution < -0.4 is 0 Å². The third-order valence-corrected chi connectivity index (χ3v) is 2.76. The third kappa shape index (κ3) is 16.0. The van der Waals surface area contributed by atoms with E-state index in [0.29, 0.717) is 12.8 Å². The smallest absolute Gasteiger partial charge is 0.303 e. The highest BCUT2D eigenvalue weighted by atomic mass is 16.4. The Kier molecular flexibility index (Phi) is 13.1. The molecule has 114 valence electrons. The highest BCUT2D eigenvalue weighted by Gasteiger charge is 1.99. The molecule has 0 radical (unpaired) electrons. The first kappa shape index (κ1) is 19.0. The van der Waals surface area contributed by atoms with E-state index in [1.807, 2.05) is 0 Å². The maximum Gasteiger partial charge on any atom is 0.303 e. The molecule has 0 bridgehead atoms. The number of carboxylic acids is 1. The summed E-state index contributed by atoms with van der Waals surface area (Å²) < 4.78 is 0. The molecule has 0 amide bonds. The van der Waals surface area contributed by atoms with Crippen molar-refractivity contribution in [3.8, 4) is 23.7 Å². The quantitative estimate of drug-likeness (QED) is 0.368. The predicted octanol–water partition coefficient (Wildman–Crippen LogP) is 3.30. The van der Waals surface area contributed by atoms with Gasteiger partial charge in [0, 0.05) is 12.8 Å². The van der Waals surface area contributed by atoms with Crippen molar-refractivity contribution in [3.63, 3.8) is 0 Å². The van der Waals surface area contributed by atoms with Gasteiger partial charge in [-0.25, -0.2) is 0 Å². The van der Waals surface area contributed by atoms with E-state index in [1.54, 1.807) is 18.2 Å². The van der Waals surface area contributed by atoms with E-state index in [0.717, 1.165) is 32.1 Å². The molecule has 0 rings (SSSR count). The van der Waals surface area contributed by atoms with Gasteiger partial charge in [-0.3, -0.25) is 4.79 Å². The summed E-state index contributed by atoms with van der Waals surface area (Å²) in [7, 11) is 0. The molecule has 21 heavy (non-hydrogen) atoms. The molecule has 0 heterocycles. The van der Waals surface area contributed by atoms with Gasteiger partial charge in [0.05, 0.1) is 6.10 Å². The second-order valence-corrected chi connectivity index (χ2v) is 4.69. The maximum absolute atomic E-state index is 10.3. The Morgan fingerprint density at radius 1 is 1.14 bits per heavy atom. The first-order valence-corrected chi connectivity index (χ1v) is 7.32. The van der Waals surface area contributed by atoms with Gasteiger partial charge in [0.15, 0.2) is 0 Å². The van der Waals surface area contributed by atoms with E-state index in [9.17, 15) is 9.90 Å². The van der Waals surface area contributed by atoms with Crippen LogP contribution in [0.15, 0.2) is 24.8 Å². The number of hydrogen-bond acceptors (Lipinski definition) is 2.